The predicted molar refractivity (Wildman–Crippen MR) is 58.4 cm³/mol. The molecule has 1 heterocycles. The lowest BCUT2D eigenvalue weighted by molar-refractivity contribution is -0.125. The van der Waals surface area contributed by atoms with Crippen LogP contribution in [0.15, 0.2) is 0 Å². The Morgan fingerprint density at radius 3 is 2.19 bits per heavy atom. The molecule has 0 aromatic rings. The number of hydrogen-bond donors (Lipinski definition) is 1. The minimum absolute atomic E-state index is 0.195. The molecule has 0 radical (unpaired) electrons. The van der Waals surface area contributed by atoms with Crippen LogP contribution < -0.4 is 5.32 Å². The monoisotopic (exact) mass is 238 g/mol. The molecule has 16 heavy (non-hydrogen) atoms. The van der Waals surface area contributed by atoms with Crippen LogP contribution in [0.5, 0.6) is 0 Å². The second kappa shape index (κ2) is 6.45. The van der Waals surface area contributed by atoms with Crippen molar-refractivity contribution in [3.8, 4) is 0 Å². The minimum Gasteiger partial charge on any atom is -0.307 e. The fourth-order valence-corrected chi connectivity index (χ4v) is 2.09. The third-order valence-electron chi connectivity index (χ3n) is 3.03. The maximum Gasteiger partial charge on any atom is 0.401 e. The van der Waals surface area contributed by atoms with E-state index in [1.807, 2.05) is 6.92 Å². The highest BCUT2D eigenvalue weighted by atomic mass is 19.4. The Hall–Kier alpha value is -0.290. The van der Waals surface area contributed by atoms with E-state index in [0.29, 0.717) is 6.54 Å². The number of nitrogens with one attached hydrogen (secondary N) is 1. The zero-order valence-corrected chi connectivity index (χ0v) is 9.82. The first kappa shape index (κ1) is 13.8. The van der Waals surface area contributed by atoms with Crippen molar-refractivity contribution >= 4 is 0 Å². The van der Waals surface area contributed by atoms with Gasteiger partial charge in [0, 0.05) is 12.6 Å². The molecule has 0 aromatic heterocycles. The highest BCUT2D eigenvalue weighted by molar-refractivity contribution is 4.72. The second-order valence-corrected chi connectivity index (χ2v) is 4.55. The first-order chi connectivity index (χ1) is 7.49. The molecule has 0 aromatic carbocycles. The van der Waals surface area contributed by atoms with Crippen molar-refractivity contribution < 1.29 is 13.2 Å². The second-order valence-electron chi connectivity index (χ2n) is 4.55. The Bertz CT molecular complexity index is 186. The zero-order chi connectivity index (χ0) is 12.0. The Balaban J connectivity index is 2.20. The van der Waals surface area contributed by atoms with Crippen LogP contribution >= 0.6 is 0 Å². The fourth-order valence-electron chi connectivity index (χ4n) is 2.09. The molecule has 96 valence electrons. The van der Waals surface area contributed by atoms with Crippen LogP contribution in [0, 0.1) is 0 Å². The summed E-state index contributed by atoms with van der Waals surface area (Å²) in [6.07, 6.45) is 0.740. The van der Waals surface area contributed by atoms with E-state index in [0.717, 1.165) is 13.1 Å². The number of halogens is 3. The summed E-state index contributed by atoms with van der Waals surface area (Å²) in [5.74, 6) is 0. The van der Waals surface area contributed by atoms with Crippen LogP contribution in [0.1, 0.15) is 32.6 Å². The van der Waals surface area contributed by atoms with Gasteiger partial charge in [-0.1, -0.05) is 12.8 Å². The summed E-state index contributed by atoms with van der Waals surface area (Å²) < 4.78 is 35.8. The number of nitrogens with zero attached hydrogens (tertiary/aromatic N) is 1. The molecule has 1 unspecified atom stereocenters. The van der Waals surface area contributed by atoms with Gasteiger partial charge in [0.25, 0.3) is 0 Å². The van der Waals surface area contributed by atoms with Crippen LogP contribution in [-0.2, 0) is 0 Å². The maximum atomic E-state index is 11.9. The summed E-state index contributed by atoms with van der Waals surface area (Å²) in [4.78, 5) is 2.29. The molecule has 0 saturated carbocycles. The smallest absolute Gasteiger partial charge is 0.307 e. The van der Waals surface area contributed by atoms with Gasteiger partial charge in [-0.25, -0.2) is 0 Å². The van der Waals surface area contributed by atoms with Crippen molar-refractivity contribution in [2.45, 2.75) is 44.8 Å². The Morgan fingerprint density at radius 1 is 1.12 bits per heavy atom. The fraction of sp³-hybridized carbons (Fsp3) is 1.00. The summed E-state index contributed by atoms with van der Waals surface area (Å²) in [6.45, 7) is 3.57. The number of alkyl halides is 3. The molecule has 0 aliphatic carbocycles. The topological polar surface area (TPSA) is 15.3 Å². The lowest BCUT2D eigenvalue weighted by atomic mass is 10.2. The molecule has 1 rings (SSSR count). The van der Waals surface area contributed by atoms with E-state index in [1.54, 1.807) is 0 Å². The van der Waals surface area contributed by atoms with Crippen molar-refractivity contribution in [1.29, 1.82) is 0 Å². The van der Waals surface area contributed by atoms with Gasteiger partial charge in [-0.15, -0.1) is 0 Å². The highest BCUT2D eigenvalue weighted by Crippen LogP contribution is 2.14. The van der Waals surface area contributed by atoms with Gasteiger partial charge in [-0.05, 0) is 32.9 Å². The van der Waals surface area contributed by atoms with Crippen molar-refractivity contribution in [3.05, 3.63) is 0 Å². The highest BCUT2D eigenvalue weighted by Gasteiger charge is 2.26. The van der Waals surface area contributed by atoms with Gasteiger partial charge in [0.2, 0.25) is 0 Å². The molecule has 2 nitrogen and oxygen atoms in total. The summed E-state index contributed by atoms with van der Waals surface area (Å²) >= 11 is 0. The van der Waals surface area contributed by atoms with Crippen LogP contribution in [0.25, 0.3) is 0 Å². The van der Waals surface area contributed by atoms with E-state index >= 15 is 0 Å². The quantitative estimate of drug-likeness (QED) is 0.809. The van der Waals surface area contributed by atoms with Crippen molar-refractivity contribution in [1.82, 2.24) is 10.2 Å². The standard InChI is InChI=1S/C11H21F3N2/c1-10(8-15-9-11(12,13)14)16-6-4-2-3-5-7-16/h10,15H,2-9H2,1H3. The van der Waals surface area contributed by atoms with E-state index in [1.165, 1.54) is 25.7 Å². The number of likely N-dealkylation sites (tertiary alicyclic amines) is 1. The molecule has 1 N–H and O–H groups in total. The summed E-state index contributed by atoms with van der Waals surface area (Å²) in [5, 5.41) is 2.48. The largest absolute Gasteiger partial charge is 0.401 e. The molecular weight excluding hydrogens is 217 g/mol. The predicted octanol–water partition coefficient (Wildman–Crippen LogP) is 2.40. The molecule has 0 spiro atoms. The lowest BCUT2D eigenvalue weighted by Gasteiger charge is -2.27. The average molecular weight is 238 g/mol. The Labute approximate surface area is 95.2 Å². The minimum atomic E-state index is -4.10. The number of rotatable bonds is 4. The summed E-state index contributed by atoms with van der Waals surface area (Å²) in [6, 6.07) is 0.195. The van der Waals surface area contributed by atoms with E-state index < -0.39 is 12.7 Å². The lowest BCUT2D eigenvalue weighted by Crippen LogP contribution is -2.43. The van der Waals surface area contributed by atoms with E-state index in [2.05, 4.69) is 10.2 Å². The van der Waals surface area contributed by atoms with Gasteiger partial charge < -0.3 is 5.32 Å². The molecular formula is C11H21F3N2. The van der Waals surface area contributed by atoms with E-state index in [-0.39, 0.29) is 6.04 Å². The van der Waals surface area contributed by atoms with Gasteiger partial charge >= 0.3 is 6.18 Å². The van der Waals surface area contributed by atoms with Crippen LogP contribution in [0.4, 0.5) is 13.2 Å². The van der Waals surface area contributed by atoms with Crippen LogP contribution in [0.2, 0.25) is 0 Å². The average Bonchev–Trinajstić information content (AvgIpc) is 2.43. The Morgan fingerprint density at radius 2 is 1.69 bits per heavy atom. The van der Waals surface area contributed by atoms with Gasteiger partial charge in [0.05, 0.1) is 6.54 Å². The molecule has 1 aliphatic rings. The van der Waals surface area contributed by atoms with Crippen molar-refractivity contribution in [2.75, 3.05) is 26.2 Å². The normalized spacial score (nSPS) is 21.8. The van der Waals surface area contributed by atoms with E-state index in [9.17, 15) is 13.2 Å². The third kappa shape index (κ3) is 5.70. The van der Waals surface area contributed by atoms with Gasteiger partial charge in [0.15, 0.2) is 0 Å². The molecule has 5 heteroatoms. The van der Waals surface area contributed by atoms with Crippen LogP contribution in [-0.4, -0.2) is 43.3 Å². The maximum absolute atomic E-state index is 11.9. The zero-order valence-electron chi connectivity index (χ0n) is 9.82. The molecule has 0 bridgehead atoms. The van der Waals surface area contributed by atoms with Gasteiger partial charge in [-0.2, -0.15) is 13.2 Å². The molecule has 1 fully saturated rings. The van der Waals surface area contributed by atoms with Crippen LogP contribution in [0.3, 0.4) is 0 Å². The summed E-state index contributed by atoms with van der Waals surface area (Å²) in [7, 11) is 0. The molecule has 1 aliphatic heterocycles. The molecule has 1 saturated heterocycles. The van der Waals surface area contributed by atoms with Crippen molar-refractivity contribution in [3.63, 3.8) is 0 Å². The van der Waals surface area contributed by atoms with Gasteiger partial charge in [0.1, 0.15) is 0 Å². The van der Waals surface area contributed by atoms with E-state index in [4.69, 9.17) is 0 Å². The first-order valence-corrected chi connectivity index (χ1v) is 6.00. The first-order valence-electron chi connectivity index (χ1n) is 6.00. The Kier molecular flexibility index (Phi) is 5.55. The number of hydrogen-bond acceptors (Lipinski definition) is 2. The summed E-state index contributed by atoms with van der Waals surface area (Å²) in [5.41, 5.74) is 0. The SMILES string of the molecule is CC(CNCC(F)(F)F)N1CCCCCC1. The molecule has 1 atom stereocenters. The van der Waals surface area contributed by atoms with Crippen molar-refractivity contribution in [2.24, 2.45) is 0 Å². The van der Waals surface area contributed by atoms with Gasteiger partial charge in [-0.3, -0.25) is 4.90 Å². The molecule has 0 amide bonds. The third-order valence-corrected chi connectivity index (χ3v) is 3.03.